The van der Waals surface area contributed by atoms with Crippen molar-refractivity contribution in [3.8, 4) is 11.3 Å². The highest BCUT2D eigenvalue weighted by molar-refractivity contribution is 6.90. The van der Waals surface area contributed by atoms with Crippen LogP contribution in [-0.4, -0.2) is 26.1 Å². The summed E-state index contributed by atoms with van der Waals surface area (Å²) in [5.41, 5.74) is 2.26. The fourth-order valence-electron chi connectivity index (χ4n) is 3.00. The lowest BCUT2D eigenvalue weighted by atomic mass is 10.0. The highest BCUT2D eigenvalue weighted by Crippen LogP contribution is 2.24. The van der Waals surface area contributed by atoms with Crippen molar-refractivity contribution in [1.29, 1.82) is 0 Å². The number of benzene rings is 2. The third-order valence-corrected chi connectivity index (χ3v) is 8.24. The first-order chi connectivity index (χ1) is 11.2. The predicted octanol–water partition coefficient (Wildman–Crippen LogP) is 4.39. The average Bonchev–Trinajstić information content (AvgIpc) is 2.52. The number of aromatic nitrogens is 2. The molecule has 1 heterocycles. The van der Waals surface area contributed by atoms with Crippen LogP contribution in [0.15, 0.2) is 48.8 Å². The Kier molecular flexibility index (Phi) is 4.22. The van der Waals surface area contributed by atoms with Gasteiger partial charge in [0.05, 0.1) is 13.8 Å². The molecule has 124 valence electrons. The molecule has 0 aliphatic rings. The standard InChI is InChI=1S/C20H26N2Si2/c1-23(2,3)19-12-16(11-15-9-7-8-10-17(15)19)18-13-20(22-14-21-18)24(4,5)6/h7-14H,1-6H3. The Balaban J connectivity index is 2.25. The van der Waals surface area contributed by atoms with Crippen LogP contribution in [0, 0.1) is 0 Å². The van der Waals surface area contributed by atoms with E-state index < -0.39 is 16.1 Å². The van der Waals surface area contributed by atoms with Crippen LogP contribution in [-0.2, 0) is 0 Å². The van der Waals surface area contributed by atoms with E-state index in [9.17, 15) is 0 Å². The minimum atomic E-state index is -1.45. The molecule has 4 heteroatoms. The van der Waals surface area contributed by atoms with Gasteiger partial charge in [-0.1, -0.05) is 74.8 Å². The summed E-state index contributed by atoms with van der Waals surface area (Å²) >= 11 is 0. The molecule has 0 saturated carbocycles. The third-order valence-electron chi connectivity index (χ3n) is 4.40. The summed E-state index contributed by atoms with van der Waals surface area (Å²) in [5, 5.41) is 5.42. The second-order valence-corrected chi connectivity index (χ2v) is 18.6. The summed E-state index contributed by atoms with van der Waals surface area (Å²) in [6, 6.07) is 15.6. The smallest absolute Gasteiger partial charge is 0.115 e. The van der Waals surface area contributed by atoms with E-state index in [0.29, 0.717) is 0 Å². The van der Waals surface area contributed by atoms with Crippen LogP contribution >= 0.6 is 0 Å². The molecule has 24 heavy (non-hydrogen) atoms. The quantitative estimate of drug-likeness (QED) is 0.655. The van der Waals surface area contributed by atoms with E-state index >= 15 is 0 Å². The van der Waals surface area contributed by atoms with Gasteiger partial charge >= 0.3 is 0 Å². The second kappa shape index (κ2) is 5.94. The van der Waals surface area contributed by atoms with E-state index in [4.69, 9.17) is 0 Å². The van der Waals surface area contributed by atoms with E-state index in [1.807, 2.05) is 0 Å². The van der Waals surface area contributed by atoms with E-state index in [-0.39, 0.29) is 0 Å². The van der Waals surface area contributed by atoms with Crippen LogP contribution in [0.3, 0.4) is 0 Å². The molecule has 2 aromatic carbocycles. The fourth-order valence-corrected chi connectivity index (χ4v) is 5.64. The van der Waals surface area contributed by atoms with Gasteiger partial charge in [-0.05, 0) is 22.9 Å². The lowest BCUT2D eigenvalue weighted by Gasteiger charge is -2.21. The first kappa shape index (κ1) is 17.1. The fraction of sp³-hybridized carbons (Fsp3) is 0.300. The first-order valence-electron chi connectivity index (χ1n) is 8.52. The first-order valence-corrected chi connectivity index (χ1v) is 15.5. The van der Waals surface area contributed by atoms with Crippen molar-refractivity contribution >= 4 is 37.4 Å². The van der Waals surface area contributed by atoms with Gasteiger partial charge in [0.1, 0.15) is 14.4 Å². The summed E-state index contributed by atoms with van der Waals surface area (Å²) in [5.74, 6) is 0. The molecule has 3 aromatic rings. The number of nitrogens with zero attached hydrogens (tertiary/aromatic N) is 2. The van der Waals surface area contributed by atoms with E-state index in [1.54, 1.807) is 6.33 Å². The van der Waals surface area contributed by atoms with Crippen molar-refractivity contribution in [1.82, 2.24) is 9.97 Å². The maximum absolute atomic E-state index is 4.58. The average molecular weight is 351 g/mol. The number of hydrogen-bond donors (Lipinski definition) is 0. The van der Waals surface area contributed by atoms with E-state index in [0.717, 1.165) is 5.69 Å². The van der Waals surface area contributed by atoms with E-state index in [1.165, 1.54) is 26.8 Å². The zero-order valence-electron chi connectivity index (χ0n) is 15.5. The van der Waals surface area contributed by atoms with Gasteiger partial charge in [-0.2, -0.15) is 0 Å². The number of hydrogen-bond acceptors (Lipinski definition) is 2. The van der Waals surface area contributed by atoms with Crippen LogP contribution in [0.1, 0.15) is 0 Å². The van der Waals surface area contributed by atoms with Crippen LogP contribution in [0.25, 0.3) is 22.0 Å². The SMILES string of the molecule is C[Si](C)(C)c1cc(-c2cc([Si](C)(C)C)c3ccccc3c2)ncn1. The predicted molar refractivity (Wildman–Crippen MR) is 111 cm³/mol. The molecule has 0 aliphatic heterocycles. The van der Waals surface area contributed by atoms with Crippen LogP contribution in [0.5, 0.6) is 0 Å². The molecule has 0 atom stereocenters. The van der Waals surface area contributed by atoms with Crippen molar-refractivity contribution in [2.75, 3.05) is 0 Å². The molecule has 0 bridgehead atoms. The molecule has 0 spiro atoms. The summed E-state index contributed by atoms with van der Waals surface area (Å²) in [6.45, 7) is 14.2. The van der Waals surface area contributed by atoms with Crippen molar-refractivity contribution in [2.24, 2.45) is 0 Å². The van der Waals surface area contributed by atoms with Crippen LogP contribution < -0.4 is 10.5 Å². The molecule has 3 rings (SSSR count). The largest absolute Gasteiger partial charge is 0.246 e. The minimum Gasteiger partial charge on any atom is -0.246 e. The van der Waals surface area contributed by atoms with Crippen LogP contribution in [0.4, 0.5) is 0 Å². The normalized spacial score (nSPS) is 12.6. The molecule has 0 N–H and O–H groups in total. The Labute approximate surface area is 147 Å². The van der Waals surface area contributed by atoms with Gasteiger partial charge in [0.2, 0.25) is 0 Å². The lowest BCUT2D eigenvalue weighted by molar-refractivity contribution is 1.19. The van der Waals surface area contributed by atoms with Gasteiger partial charge in [-0.3, -0.25) is 0 Å². The summed E-state index contributed by atoms with van der Waals surface area (Å²) < 4.78 is 0. The molecule has 0 radical (unpaired) electrons. The number of fused-ring (bicyclic) bond motifs is 1. The van der Waals surface area contributed by atoms with Gasteiger partial charge in [-0.15, -0.1) is 0 Å². The van der Waals surface area contributed by atoms with Crippen LogP contribution in [0.2, 0.25) is 39.3 Å². The number of rotatable bonds is 3. The highest BCUT2D eigenvalue weighted by Gasteiger charge is 2.22. The maximum atomic E-state index is 4.58. The zero-order chi connectivity index (χ0) is 17.5. The van der Waals surface area contributed by atoms with Gasteiger partial charge in [0.15, 0.2) is 0 Å². The van der Waals surface area contributed by atoms with Gasteiger partial charge < -0.3 is 0 Å². The molecule has 0 unspecified atom stereocenters. The van der Waals surface area contributed by atoms with Crippen molar-refractivity contribution < 1.29 is 0 Å². The Bertz CT molecular complexity index is 890. The molecule has 0 saturated heterocycles. The Hall–Kier alpha value is -1.79. The second-order valence-electron chi connectivity index (χ2n) is 8.53. The van der Waals surface area contributed by atoms with Gasteiger partial charge in [0.25, 0.3) is 0 Å². The van der Waals surface area contributed by atoms with Crippen molar-refractivity contribution in [3.05, 3.63) is 48.8 Å². The van der Waals surface area contributed by atoms with Crippen molar-refractivity contribution in [3.63, 3.8) is 0 Å². The third kappa shape index (κ3) is 3.35. The Morgan fingerprint density at radius 2 is 1.46 bits per heavy atom. The molecule has 0 amide bonds. The van der Waals surface area contributed by atoms with Crippen molar-refractivity contribution in [2.45, 2.75) is 39.3 Å². The summed E-state index contributed by atoms with van der Waals surface area (Å²) in [6.07, 6.45) is 1.73. The summed E-state index contributed by atoms with van der Waals surface area (Å²) in [7, 11) is -2.89. The molecular weight excluding hydrogens is 324 g/mol. The molecule has 0 fully saturated rings. The molecule has 2 nitrogen and oxygen atoms in total. The molecule has 0 aliphatic carbocycles. The maximum Gasteiger partial charge on any atom is 0.115 e. The molecular formula is C20H26N2Si2. The molecule has 1 aromatic heterocycles. The topological polar surface area (TPSA) is 25.8 Å². The monoisotopic (exact) mass is 350 g/mol. The Morgan fingerprint density at radius 1 is 0.750 bits per heavy atom. The van der Waals surface area contributed by atoms with Gasteiger partial charge in [-0.25, -0.2) is 9.97 Å². The van der Waals surface area contributed by atoms with Gasteiger partial charge in [0, 0.05) is 10.9 Å². The summed E-state index contributed by atoms with van der Waals surface area (Å²) in [4.78, 5) is 9.11. The van der Waals surface area contributed by atoms with E-state index in [2.05, 4.69) is 91.7 Å². The zero-order valence-corrected chi connectivity index (χ0v) is 17.5. The lowest BCUT2D eigenvalue weighted by Crippen LogP contribution is -2.40. The Morgan fingerprint density at radius 3 is 2.12 bits per heavy atom. The minimum absolute atomic E-state index is 1.05. The highest BCUT2D eigenvalue weighted by atomic mass is 28.3.